The van der Waals surface area contributed by atoms with E-state index < -0.39 is 30.6 Å². The quantitative estimate of drug-likeness (QED) is 0.171. The molecular formula is C15H18F3N5O5. The number of alkyl halides is 3. The molecule has 0 amide bonds. The van der Waals surface area contributed by atoms with Gasteiger partial charge in [0, 0.05) is 18.3 Å². The van der Waals surface area contributed by atoms with Gasteiger partial charge in [0.15, 0.2) is 5.96 Å². The van der Waals surface area contributed by atoms with Gasteiger partial charge in [0.25, 0.3) is 0 Å². The fourth-order valence-corrected chi connectivity index (χ4v) is 1.55. The number of carboxylic acids is 1. The van der Waals surface area contributed by atoms with Gasteiger partial charge in [-0.25, -0.2) is 19.6 Å². The van der Waals surface area contributed by atoms with E-state index in [-0.39, 0.29) is 25.0 Å². The normalized spacial score (nSPS) is 12.0. The predicted octanol–water partition coefficient (Wildman–Crippen LogP) is 1.11. The Labute approximate surface area is 157 Å². The maximum atomic E-state index is 12.1. The highest BCUT2D eigenvalue weighted by Gasteiger charge is 2.26. The molecule has 0 spiro atoms. The number of aliphatic carboxylic acids is 1. The Morgan fingerprint density at radius 3 is 2.68 bits per heavy atom. The molecule has 0 fully saturated rings. The average Bonchev–Trinajstić information content (AvgIpc) is 2.61. The monoisotopic (exact) mass is 405 g/mol. The second-order valence-electron chi connectivity index (χ2n) is 5.06. The van der Waals surface area contributed by atoms with E-state index >= 15 is 0 Å². The molecule has 1 aromatic rings. The van der Waals surface area contributed by atoms with E-state index in [0.29, 0.717) is 18.9 Å². The number of halogens is 3. The maximum Gasteiger partial charge on any atom is 0.408 e. The smallest absolute Gasteiger partial charge is 0.408 e. The first-order valence-corrected chi connectivity index (χ1v) is 7.83. The summed E-state index contributed by atoms with van der Waals surface area (Å²) in [7, 11) is 0. The summed E-state index contributed by atoms with van der Waals surface area (Å²) in [6.07, 6.45) is -0.752. The summed E-state index contributed by atoms with van der Waals surface area (Å²) in [4.78, 5) is 32.2. The molecule has 0 unspecified atom stereocenters. The number of ether oxygens (including phenoxy) is 2. The Hall–Kier alpha value is -3.38. The van der Waals surface area contributed by atoms with Gasteiger partial charge in [0.05, 0.1) is 13.2 Å². The van der Waals surface area contributed by atoms with Crippen molar-refractivity contribution in [1.82, 2.24) is 9.97 Å². The topological polar surface area (TPSA) is 149 Å². The molecule has 13 heteroatoms. The third kappa shape index (κ3) is 11.3. The number of carboxylic acid groups (broad SMARTS) is 1. The lowest BCUT2D eigenvalue weighted by Gasteiger charge is -2.08. The molecular weight excluding hydrogens is 387 g/mol. The van der Waals surface area contributed by atoms with E-state index in [1.54, 1.807) is 0 Å². The number of aromatic nitrogens is 2. The van der Waals surface area contributed by atoms with Crippen LogP contribution in [0, 0.1) is 0 Å². The van der Waals surface area contributed by atoms with Gasteiger partial charge in [0.1, 0.15) is 12.4 Å². The summed E-state index contributed by atoms with van der Waals surface area (Å²) in [5.74, 6) is -2.38. The van der Waals surface area contributed by atoms with Crippen LogP contribution in [0.5, 0.6) is 6.01 Å². The second-order valence-corrected chi connectivity index (χ2v) is 5.06. The molecule has 0 saturated heterocycles. The van der Waals surface area contributed by atoms with Crippen LogP contribution >= 0.6 is 0 Å². The van der Waals surface area contributed by atoms with Crippen molar-refractivity contribution in [2.75, 3.05) is 25.1 Å². The molecule has 0 atom stereocenters. The molecule has 28 heavy (non-hydrogen) atoms. The number of hydrogen-bond donors (Lipinski definition) is 3. The van der Waals surface area contributed by atoms with Crippen molar-refractivity contribution in [2.24, 2.45) is 10.7 Å². The highest BCUT2D eigenvalue weighted by atomic mass is 19.4. The molecule has 0 radical (unpaired) electrons. The van der Waals surface area contributed by atoms with Gasteiger partial charge in [-0.15, -0.1) is 0 Å². The molecule has 0 aliphatic rings. The van der Waals surface area contributed by atoms with Crippen LogP contribution in [-0.2, 0) is 14.3 Å². The minimum Gasteiger partial charge on any atom is -0.478 e. The summed E-state index contributed by atoms with van der Waals surface area (Å²) in [5, 5.41) is 10.7. The summed E-state index contributed by atoms with van der Waals surface area (Å²) >= 11 is 0. The molecule has 1 rings (SSSR count). The number of unbranched alkanes of at least 4 members (excludes halogenated alkanes) is 1. The predicted molar refractivity (Wildman–Crippen MR) is 90.7 cm³/mol. The van der Waals surface area contributed by atoms with Crippen LogP contribution < -0.4 is 15.8 Å². The van der Waals surface area contributed by atoms with Gasteiger partial charge in [-0.3, -0.25) is 0 Å². The molecule has 0 aromatic carbocycles. The van der Waals surface area contributed by atoms with Gasteiger partial charge in [-0.2, -0.15) is 18.2 Å². The zero-order chi connectivity index (χ0) is 21.0. The third-order valence-corrected chi connectivity index (χ3v) is 2.69. The Balaban J connectivity index is 2.32. The number of carbonyl (C=O) groups excluding carboxylic acids is 1. The number of rotatable bonds is 10. The zero-order valence-electron chi connectivity index (χ0n) is 14.5. The Morgan fingerprint density at radius 2 is 2.00 bits per heavy atom. The van der Waals surface area contributed by atoms with E-state index in [2.05, 4.69) is 20.3 Å². The number of aliphatic imine (C=N–C) groups is 1. The molecule has 0 aliphatic heterocycles. The van der Waals surface area contributed by atoms with Crippen LogP contribution in [0.2, 0.25) is 0 Å². The molecule has 0 aliphatic carbocycles. The highest BCUT2D eigenvalue weighted by Crippen LogP contribution is 2.14. The van der Waals surface area contributed by atoms with Gasteiger partial charge in [-0.05, 0) is 18.9 Å². The van der Waals surface area contributed by atoms with Crippen LogP contribution in [0.1, 0.15) is 12.8 Å². The van der Waals surface area contributed by atoms with Crippen LogP contribution in [0.15, 0.2) is 29.4 Å². The van der Waals surface area contributed by atoms with Crippen molar-refractivity contribution in [3.05, 3.63) is 24.4 Å². The van der Waals surface area contributed by atoms with Crippen LogP contribution in [0.4, 0.5) is 19.0 Å². The summed E-state index contributed by atoms with van der Waals surface area (Å²) in [6.45, 7) is -1.17. The lowest BCUT2D eigenvalue weighted by atomic mass is 10.3. The molecule has 0 bridgehead atoms. The maximum absolute atomic E-state index is 12.1. The van der Waals surface area contributed by atoms with Gasteiger partial charge >= 0.3 is 24.1 Å². The minimum absolute atomic E-state index is 0.0324. The number of esters is 1. The Morgan fingerprint density at radius 1 is 1.29 bits per heavy atom. The fraction of sp³-hybridized carbons (Fsp3) is 0.400. The largest absolute Gasteiger partial charge is 0.478 e. The van der Waals surface area contributed by atoms with Gasteiger partial charge in [-0.1, -0.05) is 0 Å². The number of guanidine groups is 1. The van der Waals surface area contributed by atoms with Gasteiger partial charge in [0.2, 0.25) is 0 Å². The van der Waals surface area contributed by atoms with Crippen molar-refractivity contribution in [2.45, 2.75) is 19.0 Å². The molecule has 154 valence electrons. The van der Waals surface area contributed by atoms with Crippen LogP contribution in [0.25, 0.3) is 0 Å². The first-order valence-electron chi connectivity index (χ1n) is 7.83. The second kappa shape index (κ2) is 11.4. The first kappa shape index (κ1) is 22.7. The summed E-state index contributed by atoms with van der Waals surface area (Å²) < 4.78 is 46.2. The van der Waals surface area contributed by atoms with E-state index in [1.807, 2.05) is 0 Å². The van der Waals surface area contributed by atoms with Crippen LogP contribution in [0.3, 0.4) is 0 Å². The molecule has 1 heterocycles. The molecule has 4 N–H and O–H groups in total. The highest BCUT2D eigenvalue weighted by molar-refractivity contribution is 5.91. The molecule has 0 saturated carbocycles. The Kier molecular flexibility index (Phi) is 9.19. The van der Waals surface area contributed by atoms with E-state index in [9.17, 15) is 22.8 Å². The summed E-state index contributed by atoms with van der Waals surface area (Å²) in [6, 6.07) is 1.34. The number of anilines is 1. The average molecular weight is 405 g/mol. The zero-order valence-corrected chi connectivity index (χ0v) is 14.5. The van der Waals surface area contributed by atoms with E-state index in [4.69, 9.17) is 20.3 Å². The minimum atomic E-state index is -4.47. The van der Waals surface area contributed by atoms with Crippen molar-refractivity contribution in [3.8, 4) is 6.01 Å². The standard InChI is InChI=1S/C15H18F3N5O5/c16-15(17,18)9-21-13(19)22-10-5-6-20-14(23-10)28-8-2-1-7-27-12(26)4-3-11(24)25/h3-6H,1-2,7-9H2,(H,24,25)(H3,19,20,21,22,23)/b4-3-. The van der Waals surface area contributed by atoms with E-state index in [1.165, 1.54) is 12.3 Å². The van der Waals surface area contributed by atoms with Crippen molar-refractivity contribution in [1.29, 1.82) is 0 Å². The van der Waals surface area contributed by atoms with Crippen molar-refractivity contribution < 1.29 is 37.3 Å². The number of nitrogens with two attached hydrogens (primary N) is 1. The fourth-order valence-electron chi connectivity index (χ4n) is 1.55. The van der Waals surface area contributed by atoms with Crippen LogP contribution in [-0.4, -0.2) is 58.9 Å². The lowest BCUT2D eigenvalue weighted by molar-refractivity contribution is -0.138. The molecule has 1 aromatic heterocycles. The lowest BCUT2D eigenvalue weighted by Crippen LogP contribution is -2.26. The van der Waals surface area contributed by atoms with Crippen molar-refractivity contribution >= 4 is 23.7 Å². The first-order chi connectivity index (χ1) is 13.2. The number of hydrogen-bond acceptors (Lipinski definition) is 7. The Bertz CT molecular complexity index is 724. The van der Waals surface area contributed by atoms with E-state index in [0.717, 1.165) is 6.08 Å². The molecule has 10 nitrogen and oxygen atoms in total. The summed E-state index contributed by atoms with van der Waals surface area (Å²) in [5.41, 5.74) is 5.34. The third-order valence-electron chi connectivity index (χ3n) is 2.69. The van der Waals surface area contributed by atoms with Crippen molar-refractivity contribution in [3.63, 3.8) is 0 Å². The number of nitrogens with zero attached hydrogens (tertiary/aromatic N) is 3. The SMILES string of the molecule is NC(=NCC(F)(F)F)Nc1ccnc(OCCCCOC(=O)/C=C\C(=O)O)n1. The van der Waals surface area contributed by atoms with Gasteiger partial charge < -0.3 is 25.6 Å². The number of carbonyl (C=O) groups is 2. The number of nitrogens with one attached hydrogen (secondary N) is 1.